The maximum atomic E-state index is 11.5. The van der Waals surface area contributed by atoms with Crippen LogP contribution >= 0.6 is 0 Å². The highest BCUT2D eigenvalue weighted by Gasteiger charge is 2.29. The van der Waals surface area contributed by atoms with Crippen LogP contribution in [-0.2, 0) is 23.5 Å². The van der Waals surface area contributed by atoms with Gasteiger partial charge >= 0.3 is 0 Å². The van der Waals surface area contributed by atoms with E-state index in [1.54, 1.807) is 23.0 Å². The molecule has 0 aliphatic carbocycles. The highest BCUT2D eigenvalue weighted by molar-refractivity contribution is 7.89. The van der Waals surface area contributed by atoms with Gasteiger partial charge in [0, 0.05) is 30.6 Å². The van der Waals surface area contributed by atoms with Gasteiger partial charge in [-0.15, -0.1) is 0 Å². The Morgan fingerprint density at radius 2 is 1.92 bits per heavy atom. The molecule has 0 saturated carbocycles. The van der Waals surface area contributed by atoms with Crippen LogP contribution in [0.3, 0.4) is 0 Å². The average molecular weight is 505 g/mol. The zero-order chi connectivity index (χ0) is 25.1. The summed E-state index contributed by atoms with van der Waals surface area (Å²) in [4.78, 5) is 4.69. The van der Waals surface area contributed by atoms with Crippen LogP contribution in [0, 0.1) is 0 Å². The van der Waals surface area contributed by atoms with Crippen LogP contribution in [0.15, 0.2) is 84.1 Å². The van der Waals surface area contributed by atoms with Gasteiger partial charge in [0.1, 0.15) is 6.10 Å². The van der Waals surface area contributed by atoms with Gasteiger partial charge in [-0.25, -0.2) is 18.5 Å². The molecular formula is C26H28N6O3S. The summed E-state index contributed by atoms with van der Waals surface area (Å²) in [6.07, 6.45) is 6.11. The Morgan fingerprint density at radius 3 is 2.61 bits per heavy atom. The number of benzene rings is 2. The van der Waals surface area contributed by atoms with E-state index in [0.717, 1.165) is 34.4 Å². The van der Waals surface area contributed by atoms with E-state index in [9.17, 15) is 8.42 Å². The number of aromatic nitrogens is 3. The number of nitrogens with zero attached hydrogens (tertiary/aromatic N) is 3. The van der Waals surface area contributed by atoms with Crippen molar-refractivity contribution in [3.05, 3.63) is 90.4 Å². The number of fused-ring (bicyclic) bond motifs is 1. The molecule has 0 saturated heterocycles. The van der Waals surface area contributed by atoms with Crippen LogP contribution in [-0.4, -0.2) is 42.4 Å². The quantitative estimate of drug-likeness (QED) is 0.337. The van der Waals surface area contributed by atoms with Gasteiger partial charge in [-0.1, -0.05) is 42.5 Å². The SMILES string of the molecule is Cn1cc(-c2cnc3c(c2)NC[C@@H]([C@H](NCCc2ccc(S(N)(=O)=O)cc2)c2ccccc2)O3)cn1. The molecule has 0 fully saturated rings. The number of nitrogens with two attached hydrogens (primary N) is 1. The Balaban J connectivity index is 1.29. The normalized spacial score (nSPS) is 16.0. The predicted octanol–water partition coefficient (Wildman–Crippen LogP) is 2.88. The van der Waals surface area contributed by atoms with E-state index < -0.39 is 10.0 Å². The standard InChI is InChI=1S/C26H28N6O3S/c1-32-17-21(15-31-32)20-13-23-26(30-14-20)35-24(16-29-23)25(19-5-3-2-4-6-19)28-12-11-18-7-9-22(10-8-18)36(27,33)34/h2-10,13-15,17,24-25,28-29H,11-12,16H2,1H3,(H2,27,33,34)/t24-,25+/m0/s1. The fourth-order valence-corrected chi connectivity index (χ4v) is 4.84. The first-order valence-electron chi connectivity index (χ1n) is 11.7. The summed E-state index contributed by atoms with van der Waals surface area (Å²) >= 11 is 0. The van der Waals surface area contributed by atoms with Crippen LogP contribution in [0.1, 0.15) is 17.2 Å². The van der Waals surface area contributed by atoms with Crippen molar-refractivity contribution in [3.8, 4) is 17.0 Å². The van der Waals surface area contributed by atoms with Crippen molar-refractivity contribution in [2.24, 2.45) is 12.2 Å². The lowest BCUT2D eigenvalue weighted by molar-refractivity contribution is 0.150. The second-order valence-corrected chi connectivity index (χ2v) is 10.4. The first-order valence-corrected chi connectivity index (χ1v) is 13.2. The lowest BCUT2D eigenvalue weighted by atomic mass is 9.99. The molecule has 4 N–H and O–H groups in total. The molecule has 2 aromatic heterocycles. The molecule has 0 spiro atoms. The van der Waals surface area contributed by atoms with E-state index >= 15 is 0 Å². The molecule has 0 bridgehead atoms. The minimum atomic E-state index is -3.70. The molecule has 1 aliphatic heterocycles. The maximum absolute atomic E-state index is 11.5. The van der Waals surface area contributed by atoms with E-state index in [1.165, 1.54) is 12.1 Å². The molecule has 1 aliphatic rings. The van der Waals surface area contributed by atoms with E-state index in [0.29, 0.717) is 19.0 Å². The summed E-state index contributed by atoms with van der Waals surface area (Å²) in [5.41, 5.74) is 4.96. The van der Waals surface area contributed by atoms with Crippen LogP contribution in [0.5, 0.6) is 5.88 Å². The van der Waals surface area contributed by atoms with Gasteiger partial charge in [0.15, 0.2) is 0 Å². The fourth-order valence-electron chi connectivity index (χ4n) is 4.32. The molecule has 10 heteroatoms. The Bertz CT molecular complexity index is 1440. The predicted molar refractivity (Wildman–Crippen MR) is 138 cm³/mol. The molecule has 0 unspecified atom stereocenters. The van der Waals surface area contributed by atoms with Gasteiger partial charge in [0.2, 0.25) is 15.9 Å². The Hall–Kier alpha value is -3.73. The third-order valence-electron chi connectivity index (χ3n) is 6.21. The number of hydrogen-bond donors (Lipinski definition) is 3. The summed E-state index contributed by atoms with van der Waals surface area (Å²) in [6.45, 7) is 1.29. The maximum Gasteiger partial charge on any atom is 0.238 e. The Labute approximate surface area is 210 Å². The molecule has 2 atom stereocenters. The van der Waals surface area contributed by atoms with Crippen molar-refractivity contribution >= 4 is 15.7 Å². The number of anilines is 1. The van der Waals surface area contributed by atoms with Crippen molar-refractivity contribution in [1.29, 1.82) is 0 Å². The highest BCUT2D eigenvalue weighted by atomic mass is 32.2. The Morgan fingerprint density at radius 1 is 1.14 bits per heavy atom. The van der Waals surface area contributed by atoms with Gasteiger partial charge in [0.05, 0.1) is 29.4 Å². The number of aryl methyl sites for hydroxylation is 1. The first kappa shape index (κ1) is 24.0. The first-order chi connectivity index (χ1) is 17.4. The van der Waals surface area contributed by atoms with Crippen molar-refractivity contribution in [3.63, 3.8) is 0 Å². The van der Waals surface area contributed by atoms with E-state index in [-0.39, 0.29) is 17.0 Å². The van der Waals surface area contributed by atoms with Gasteiger partial charge in [-0.2, -0.15) is 5.10 Å². The zero-order valence-electron chi connectivity index (χ0n) is 19.8. The molecule has 0 amide bonds. The summed E-state index contributed by atoms with van der Waals surface area (Å²) in [5.74, 6) is 0.570. The van der Waals surface area contributed by atoms with E-state index in [4.69, 9.17) is 9.88 Å². The molecule has 3 heterocycles. The molecule has 36 heavy (non-hydrogen) atoms. The Kier molecular flexibility index (Phi) is 6.73. The third-order valence-corrected chi connectivity index (χ3v) is 7.14. The van der Waals surface area contributed by atoms with Crippen LogP contribution in [0.4, 0.5) is 5.69 Å². The van der Waals surface area contributed by atoms with Crippen molar-refractivity contribution in [2.45, 2.75) is 23.5 Å². The van der Waals surface area contributed by atoms with Crippen LogP contribution in [0.25, 0.3) is 11.1 Å². The van der Waals surface area contributed by atoms with Gasteiger partial charge < -0.3 is 15.4 Å². The molecule has 5 rings (SSSR count). The van der Waals surface area contributed by atoms with Crippen LogP contribution < -0.4 is 20.5 Å². The molecule has 4 aromatic rings. The number of hydrogen-bond acceptors (Lipinski definition) is 7. The topological polar surface area (TPSA) is 124 Å². The largest absolute Gasteiger partial charge is 0.469 e. The molecule has 2 aromatic carbocycles. The number of sulfonamides is 1. The van der Waals surface area contributed by atoms with Crippen LogP contribution in [0.2, 0.25) is 0 Å². The average Bonchev–Trinajstić information content (AvgIpc) is 3.32. The minimum Gasteiger partial charge on any atom is -0.469 e. The molecule has 9 nitrogen and oxygen atoms in total. The van der Waals surface area contributed by atoms with E-state index in [1.807, 2.05) is 43.7 Å². The summed E-state index contributed by atoms with van der Waals surface area (Å²) in [7, 11) is -1.81. The van der Waals surface area contributed by atoms with Gasteiger partial charge in [-0.3, -0.25) is 4.68 Å². The number of pyridine rings is 1. The van der Waals surface area contributed by atoms with Crippen molar-refractivity contribution < 1.29 is 13.2 Å². The highest BCUT2D eigenvalue weighted by Crippen LogP contribution is 2.34. The van der Waals surface area contributed by atoms with Gasteiger partial charge in [-0.05, 0) is 42.3 Å². The smallest absolute Gasteiger partial charge is 0.238 e. The second-order valence-electron chi connectivity index (χ2n) is 8.80. The number of rotatable bonds is 8. The minimum absolute atomic E-state index is 0.0738. The van der Waals surface area contributed by atoms with E-state index in [2.05, 4.69) is 32.8 Å². The number of nitrogens with one attached hydrogen (secondary N) is 2. The van der Waals surface area contributed by atoms with Crippen molar-refractivity contribution in [1.82, 2.24) is 20.1 Å². The van der Waals surface area contributed by atoms with Gasteiger partial charge in [0.25, 0.3) is 0 Å². The second kappa shape index (κ2) is 10.1. The summed E-state index contributed by atoms with van der Waals surface area (Å²) < 4.78 is 31.1. The lowest BCUT2D eigenvalue weighted by Gasteiger charge is -2.33. The number of primary sulfonamides is 1. The molecular weight excluding hydrogens is 476 g/mol. The molecule has 186 valence electrons. The fraction of sp³-hybridized carbons (Fsp3) is 0.231. The summed E-state index contributed by atoms with van der Waals surface area (Å²) in [6, 6.07) is 18.8. The van der Waals surface area contributed by atoms with Crippen molar-refractivity contribution in [2.75, 3.05) is 18.4 Å². The molecule has 0 radical (unpaired) electrons. The monoisotopic (exact) mass is 504 g/mol. The zero-order valence-corrected chi connectivity index (χ0v) is 20.7. The lowest BCUT2D eigenvalue weighted by Crippen LogP contribution is -2.43. The third kappa shape index (κ3) is 5.40. The number of ether oxygens (including phenoxy) is 1. The summed E-state index contributed by atoms with van der Waals surface area (Å²) in [5, 5.41) is 16.5.